The van der Waals surface area contributed by atoms with Gasteiger partial charge in [-0.3, -0.25) is 0 Å². The highest BCUT2D eigenvalue weighted by molar-refractivity contribution is 7.80. The van der Waals surface area contributed by atoms with Crippen LogP contribution in [0.2, 0.25) is 0 Å². The van der Waals surface area contributed by atoms with Gasteiger partial charge in [-0.05, 0) is 31.0 Å². The summed E-state index contributed by atoms with van der Waals surface area (Å²) < 4.78 is 11.1. The summed E-state index contributed by atoms with van der Waals surface area (Å²) in [7, 11) is 0. The molecule has 1 rings (SSSR count). The molecule has 0 aromatic heterocycles. The lowest BCUT2D eigenvalue weighted by atomic mass is 10.1. The Balaban J connectivity index is 2.28. The number of nitrogens with two attached hydrogens (primary N) is 1. The van der Waals surface area contributed by atoms with Crippen molar-refractivity contribution in [3.05, 3.63) is 29.8 Å². The Labute approximate surface area is 114 Å². The van der Waals surface area contributed by atoms with Gasteiger partial charge < -0.3 is 15.2 Å². The lowest BCUT2D eigenvalue weighted by Gasteiger charge is -2.11. The van der Waals surface area contributed by atoms with Crippen LogP contribution >= 0.6 is 12.2 Å². The standard InChI is InChI=1S/C14H21NO2S/c1-3-11(2)16-8-9-17-13-6-4-12(5-7-13)10-14(15)18/h4-7,11H,3,8-10H2,1-2H3,(H2,15,18). The van der Waals surface area contributed by atoms with Gasteiger partial charge in [-0.15, -0.1) is 0 Å². The van der Waals surface area contributed by atoms with Crippen molar-refractivity contribution < 1.29 is 9.47 Å². The maximum Gasteiger partial charge on any atom is 0.119 e. The summed E-state index contributed by atoms with van der Waals surface area (Å²) in [5.41, 5.74) is 6.59. The van der Waals surface area contributed by atoms with Crippen LogP contribution in [0, 0.1) is 0 Å². The molecule has 0 fully saturated rings. The number of ether oxygens (including phenoxy) is 2. The van der Waals surface area contributed by atoms with Gasteiger partial charge in [-0.1, -0.05) is 31.3 Å². The third kappa shape index (κ3) is 5.98. The van der Waals surface area contributed by atoms with E-state index in [0.717, 1.165) is 17.7 Å². The molecule has 1 atom stereocenters. The van der Waals surface area contributed by atoms with Gasteiger partial charge in [0, 0.05) is 6.42 Å². The van der Waals surface area contributed by atoms with Crippen molar-refractivity contribution in [2.45, 2.75) is 32.8 Å². The molecule has 0 amide bonds. The molecule has 0 spiro atoms. The molecule has 2 N–H and O–H groups in total. The van der Waals surface area contributed by atoms with E-state index < -0.39 is 0 Å². The van der Waals surface area contributed by atoms with E-state index in [1.165, 1.54) is 0 Å². The molecule has 0 heterocycles. The van der Waals surface area contributed by atoms with E-state index in [4.69, 9.17) is 27.4 Å². The molecule has 1 unspecified atom stereocenters. The van der Waals surface area contributed by atoms with Crippen LogP contribution in [-0.4, -0.2) is 24.3 Å². The molecule has 0 aliphatic rings. The SMILES string of the molecule is CCC(C)OCCOc1ccc(CC(N)=S)cc1. The number of rotatable bonds is 8. The quantitative estimate of drug-likeness (QED) is 0.581. The zero-order valence-electron chi connectivity index (χ0n) is 11.0. The molecule has 0 bridgehead atoms. The summed E-state index contributed by atoms with van der Waals surface area (Å²) in [4.78, 5) is 0.505. The van der Waals surface area contributed by atoms with Crippen molar-refractivity contribution in [3.8, 4) is 5.75 Å². The highest BCUT2D eigenvalue weighted by atomic mass is 32.1. The van der Waals surface area contributed by atoms with E-state index in [9.17, 15) is 0 Å². The first-order chi connectivity index (χ1) is 8.61. The second-order valence-corrected chi connectivity index (χ2v) is 4.75. The van der Waals surface area contributed by atoms with Gasteiger partial charge in [0.05, 0.1) is 17.7 Å². The van der Waals surface area contributed by atoms with Crippen molar-refractivity contribution in [1.29, 1.82) is 0 Å². The summed E-state index contributed by atoms with van der Waals surface area (Å²) in [5.74, 6) is 0.842. The molecule has 0 radical (unpaired) electrons. The zero-order chi connectivity index (χ0) is 13.4. The van der Waals surface area contributed by atoms with Crippen molar-refractivity contribution in [2.24, 2.45) is 5.73 Å². The summed E-state index contributed by atoms with van der Waals surface area (Å²) in [5, 5.41) is 0. The molecule has 18 heavy (non-hydrogen) atoms. The van der Waals surface area contributed by atoms with E-state index in [2.05, 4.69) is 13.8 Å². The van der Waals surface area contributed by atoms with E-state index in [1.54, 1.807) is 0 Å². The maximum absolute atomic E-state index is 5.57. The van der Waals surface area contributed by atoms with Crippen LogP contribution in [0.15, 0.2) is 24.3 Å². The van der Waals surface area contributed by atoms with Gasteiger partial charge in [0.1, 0.15) is 12.4 Å². The van der Waals surface area contributed by atoms with Crippen molar-refractivity contribution >= 4 is 17.2 Å². The Morgan fingerprint density at radius 2 is 1.94 bits per heavy atom. The minimum atomic E-state index is 0.293. The number of benzene rings is 1. The first kappa shape index (κ1) is 14.9. The normalized spacial score (nSPS) is 12.1. The lowest BCUT2D eigenvalue weighted by molar-refractivity contribution is 0.0427. The summed E-state index contributed by atoms with van der Waals surface area (Å²) in [6, 6.07) is 7.81. The molecule has 0 aliphatic carbocycles. The van der Waals surface area contributed by atoms with E-state index >= 15 is 0 Å². The minimum absolute atomic E-state index is 0.293. The highest BCUT2D eigenvalue weighted by Gasteiger charge is 1.99. The highest BCUT2D eigenvalue weighted by Crippen LogP contribution is 2.12. The smallest absolute Gasteiger partial charge is 0.119 e. The Morgan fingerprint density at radius 1 is 1.28 bits per heavy atom. The van der Waals surface area contributed by atoms with Gasteiger partial charge in [0.15, 0.2) is 0 Å². The predicted octanol–water partition coefficient (Wildman–Crippen LogP) is 2.71. The molecule has 3 nitrogen and oxygen atoms in total. The largest absolute Gasteiger partial charge is 0.491 e. The molecular formula is C14H21NO2S. The fourth-order valence-electron chi connectivity index (χ4n) is 1.43. The van der Waals surface area contributed by atoms with Crippen LogP contribution in [0.1, 0.15) is 25.8 Å². The molecule has 1 aromatic rings. The third-order valence-electron chi connectivity index (χ3n) is 2.63. The van der Waals surface area contributed by atoms with E-state index in [0.29, 0.717) is 30.7 Å². The molecule has 0 saturated heterocycles. The molecule has 4 heteroatoms. The van der Waals surface area contributed by atoms with Gasteiger partial charge in [-0.25, -0.2) is 0 Å². The van der Waals surface area contributed by atoms with Gasteiger partial charge in [0.25, 0.3) is 0 Å². The van der Waals surface area contributed by atoms with Gasteiger partial charge in [0.2, 0.25) is 0 Å². The first-order valence-electron chi connectivity index (χ1n) is 6.23. The van der Waals surface area contributed by atoms with Crippen molar-refractivity contribution in [3.63, 3.8) is 0 Å². The molecular weight excluding hydrogens is 246 g/mol. The van der Waals surface area contributed by atoms with Gasteiger partial charge in [-0.2, -0.15) is 0 Å². The second kappa shape index (κ2) is 8.06. The fourth-order valence-corrected chi connectivity index (χ4v) is 1.60. The number of thiocarbonyl (C=S) groups is 1. The second-order valence-electron chi connectivity index (χ2n) is 4.23. The number of hydrogen-bond donors (Lipinski definition) is 1. The summed E-state index contributed by atoms with van der Waals surface area (Å²) in [6.07, 6.45) is 1.95. The van der Waals surface area contributed by atoms with Crippen LogP contribution in [0.25, 0.3) is 0 Å². The average Bonchev–Trinajstić information content (AvgIpc) is 2.35. The molecule has 0 saturated carbocycles. The molecule has 100 valence electrons. The van der Waals surface area contributed by atoms with E-state index in [-0.39, 0.29) is 0 Å². The van der Waals surface area contributed by atoms with Crippen molar-refractivity contribution in [2.75, 3.05) is 13.2 Å². The van der Waals surface area contributed by atoms with Crippen LogP contribution < -0.4 is 10.5 Å². The third-order valence-corrected chi connectivity index (χ3v) is 2.78. The Hall–Kier alpha value is -1.13. The first-order valence-corrected chi connectivity index (χ1v) is 6.64. The Bertz CT molecular complexity index is 365. The maximum atomic E-state index is 5.57. The lowest BCUT2D eigenvalue weighted by Crippen LogP contribution is -2.13. The topological polar surface area (TPSA) is 44.5 Å². The molecule has 0 aliphatic heterocycles. The molecule has 1 aromatic carbocycles. The van der Waals surface area contributed by atoms with Crippen LogP contribution in [0.4, 0.5) is 0 Å². The van der Waals surface area contributed by atoms with Crippen LogP contribution in [0.3, 0.4) is 0 Å². The van der Waals surface area contributed by atoms with Crippen LogP contribution in [0.5, 0.6) is 5.75 Å². The van der Waals surface area contributed by atoms with Crippen LogP contribution in [-0.2, 0) is 11.2 Å². The minimum Gasteiger partial charge on any atom is -0.491 e. The average molecular weight is 267 g/mol. The van der Waals surface area contributed by atoms with E-state index in [1.807, 2.05) is 24.3 Å². The fraction of sp³-hybridized carbons (Fsp3) is 0.500. The zero-order valence-corrected chi connectivity index (χ0v) is 11.8. The summed E-state index contributed by atoms with van der Waals surface area (Å²) in [6.45, 7) is 5.35. The van der Waals surface area contributed by atoms with Gasteiger partial charge >= 0.3 is 0 Å². The monoisotopic (exact) mass is 267 g/mol. The summed E-state index contributed by atoms with van der Waals surface area (Å²) >= 11 is 4.86. The Morgan fingerprint density at radius 3 is 2.50 bits per heavy atom. The number of hydrogen-bond acceptors (Lipinski definition) is 3. The Kier molecular flexibility index (Phi) is 6.68. The van der Waals surface area contributed by atoms with Crippen molar-refractivity contribution in [1.82, 2.24) is 0 Å². The predicted molar refractivity (Wildman–Crippen MR) is 78.1 cm³/mol.